The molecule has 0 aromatic heterocycles. The molecule has 1 aliphatic rings. The predicted octanol–water partition coefficient (Wildman–Crippen LogP) is 2.99. The number of anilines is 1. The van der Waals surface area contributed by atoms with Crippen molar-refractivity contribution in [3.05, 3.63) is 24.3 Å². The van der Waals surface area contributed by atoms with Crippen LogP contribution < -0.4 is 10.2 Å². The fourth-order valence-corrected chi connectivity index (χ4v) is 2.77. The molecular weight excluding hydrogens is 228 g/mol. The molecule has 0 aliphatic carbocycles. The zero-order chi connectivity index (χ0) is 12.1. The van der Waals surface area contributed by atoms with E-state index in [2.05, 4.69) is 47.7 Å². The number of hydrogen-bond acceptors (Lipinski definition) is 3. The number of benzene rings is 1. The van der Waals surface area contributed by atoms with Gasteiger partial charge in [-0.3, -0.25) is 0 Å². The average Bonchev–Trinajstić information content (AvgIpc) is 2.64. The molecule has 0 saturated carbocycles. The summed E-state index contributed by atoms with van der Waals surface area (Å²) in [5.41, 5.74) is 1.37. The molecule has 1 N–H and O–H groups in total. The third-order valence-corrected chi connectivity index (χ3v) is 4.12. The average molecular weight is 250 g/mol. The van der Waals surface area contributed by atoms with Gasteiger partial charge in [0, 0.05) is 29.7 Å². The van der Waals surface area contributed by atoms with Crippen LogP contribution in [0.1, 0.15) is 19.8 Å². The van der Waals surface area contributed by atoms with Gasteiger partial charge in [-0.1, -0.05) is 13.0 Å². The molecular formula is C14H22N2S. The van der Waals surface area contributed by atoms with Gasteiger partial charge in [-0.15, -0.1) is 11.8 Å². The van der Waals surface area contributed by atoms with Crippen molar-refractivity contribution < 1.29 is 0 Å². The lowest BCUT2D eigenvalue weighted by Crippen LogP contribution is -2.37. The summed E-state index contributed by atoms with van der Waals surface area (Å²) in [5, 5.41) is 3.61. The Morgan fingerprint density at radius 3 is 3.12 bits per heavy atom. The topological polar surface area (TPSA) is 15.3 Å². The minimum absolute atomic E-state index is 0.635. The van der Waals surface area contributed by atoms with E-state index in [1.165, 1.54) is 30.0 Å². The van der Waals surface area contributed by atoms with Crippen LogP contribution in [-0.4, -0.2) is 31.9 Å². The first-order valence-electron chi connectivity index (χ1n) is 6.46. The molecule has 1 aliphatic heterocycles. The molecule has 94 valence electrons. The van der Waals surface area contributed by atoms with Crippen LogP contribution in [0.25, 0.3) is 0 Å². The van der Waals surface area contributed by atoms with E-state index in [9.17, 15) is 0 Å². The van der Waals surface area contributed by atoms with Crippen molar-refractivity contribution in [2.45, 2.75) is 30.7 Å². The van der Waals surface area contributed by atoms with Gasteiger partial charge in [-0.05, 0) is 43.8 Å². The van der Waals surface area contributed by atoms with Crippen molar-refractivity contribution in [3.8, 4) is 0 Å². The van der Waals surface area contributed by atoms with Crippen LogP contribution in [-0.2, 0) is 0 Å². The number of thioether (sulfide) groups is 1. The molecule has 1 fully saturated rings. The van der Waals surface area contributed by atoms with Gasteiger partial charge in [0.25, 0.3) is 0 Å². The first kappa shape index (κ1) is 12.8. The SMILES string of the molecule is CCC1CN(c2cccc(SC)c2)CCCN1. The van der Waals surface area contributed by atoms with Gasteiger partial charge >= 0.3 is 0 Å². The van der Waals surface area contributed by atoms with E-state index in [4.69, 9.17) is 0 Å². The largest absolute Gasteiger partial charge is 0.370 e. The smallest absolute Gasteiger partial charge is 0.0377 e. The standard InChI is InChI=1S/C14H22N2S/c1-3-12-11-16(9-5-8-15-12)13-6-4-7-14(10-13)17-2/h4,6-7,10,12,15H,3,5,8-9,11H2,1-2H3. The van der Waals surface area contributed by atoms with Crippen molar-refractivity contribution in [2.24, 2.45) is 0 Å². The first-order chi connectivity index (χ1) is 8.33. The third-order valence-electron chi connectivity index (χ3n) is 3.39. The van der Waals surface area contributed by atoms with Crippen molar-refractivity contribution in [1.29, 1.82) is 0 Å². The summed E-state index contributed by atoms with van der Waals surface area (Å²) in [4.78, 5) is 3.88. The Balaban J connectivity index is 2.13. The number of nitrogens with zero attached hydrogens (tertiary/aromatic N) is 1. The second kappa shape index (κ2) is 6.31. The van der Waals surface area contributed by atoms with Crippen molar-refractivity contribution in [3.63, 3.8) is 0 Å². The van der Waals surface area contributed by atoms with Crippen LogP contribution in [0, 0.1) is 0 Å². The first-order valence-corrected chi connectivity index (χ1v) is 7.68. The lowest BCUT2D eigenvalue weighted by molar-refractivity contribution is 0.528. The van der Waals surface area contributed by atoms with Gasteiger partial charge < -0.3 is 10.2 Å². The highest BCUT2D eigenvalue weighted by Crippen LogP contribution is 2.23. The summed E-state index contributed by atoms with van der Waals surface area (Å²) < 4.78 is 0. The summed E-state index contributed by atoms with van der Waals surface area (Å²) >= 11 is 1.82. The Bertz CT molecular complexity index is 354. The molecule has 1 saturated heterocycles. The van der Waals surface area contributed by atoms with E-state index in [0.29, 0.717) is 6.04 Å². The van der Waals surface area contributed by atoms with Gasteiger partial charge in [0.2, 0.25) is 0 Å². The maximum atomic E-state index is 3.61. The van der Waals surface area contributed by atoms with Crippen LogP contribution in [0.4, 0.5) is 5.69 Å². The Kier molecular flexibility index (Phi) is 4.75. The molecule has 17 heavy (non-hydrogen) atoms. The van der Waals surface area contributed by atoms with Crippen LogP contribution in [0.3, 0.4) is 0 Å². The Labute approximate surface area is 109 Å². The van der Waals surface area contributed by atoms with Gasteiger partial charge in [0.1, 0.15) is 0 Å². The highest BCUT2D eigenvalue weighted by molar-refractivity contribution is 7.98. The minimum atomic E-state index is 0.635. The molecule has 1 aromatic carbocycles. The number of rotatable bonds is 3. The summed E-state index contributed by atoms with van der Waals surface area (Å²) in [6, 6.07) is 9.53. The fraction of sp³-hybridized carbons (Fsp3) is 0.571. The predicted molar refractivity (Wildman–Crippen MR) is 77.1 cm³/mol. The van der Waals surface area contributed by atoms with Gasteiger partial charge in [0.05, 0.1) is 0 Å². The molecule has 1 atom stereocenters. The van der Waals surface area contributed by atoms with Gasteiger partial charge in [-0.2, -0.15) is 0 Å². The quantitative estimate of drug-likeness (QED) is 0.830. The zero-order valence-corrected chi connectivity index (χ0v) is 11.6. The number of nitrogens with one attached hydrogen (secondary N) is 1. The van der Waals surface area contributed by atoms with E-state index < -0.39 is 0 Å². The molecule has 0 radical (unpaired) electrons. The van der Waals surface area contributed by atoms with Crippen molar-refractivity contribution in [2.75, 3.05) is 30.8 Å². The molecule has 1 aromatic rings. The highest BCUT2D eigenvalue weighted by atomic mass is 32.2. The maximum Gasteiger partial charge on any atom is 0.0377 e. The Morgan fingerprint density at radius 1 is 1.47 bits per heavy atom. The Morgan fingerprint density at radius 2 is 2.35 bits per heavy atom. The maximum absolute atomic E-state index is 3.61. The normalized spacial score (nSPS) is 21.3. The molecule has 2 rings (SSSR count). The second-order valence-electron chi connectivity index (χ2n) is 4.56. The van der Waals surface area contributed by atoms with Gasteiger partial charge in [0.15, 0.2) is 0 Å². The fourth-order valence-electron chi connectivity index (χ4n) is 2.31. The number of hydrogen-bond donors (Lipinski definition) is 1. The summed E-state index contributed by atoms with van der Waals surface area (Å²) in [7, 11) is 0. The molecule has 1 heterocycles. The minimum Gasteiger partial charge on any atom is -0.370 e. The van der Waals surface area contributed by atoms with Crippen molar-refractivity contribution >= 4 is 17.4 Å². The monoisotopic (exact) mass is 250 g/mol. The zero-order valence-electron chi connectivity index (χ0n) is 10.8. The highest BCUT2D eigenvalue weighted by Gasteiger charge is 2.16. The molecule has 3 heteroatoms. The molecule has 2 nitrogen and oxygen atoms in total. The second-order valence-corrected chi connectivity index (χ2v) is 5.44. The lowest BCUT2D eigenvalue weighted by Gasteiger charge is -2.26. The van der Waals surface area contributed by atoms with E-state index in [1.54, 1.807) is 0 Å². The van der Waals surface area contributed by atoms with Gasteiger partial charge in [-0.25, -0.2) is 0 Å². The molecule has 0 spiro atoms. The van der Waals surface area contributed by atoms with E-state index >= 15 is 0 Å². The van der Waals surface area contributed by atoms with Crippen LogP contribution in [0.15, 0.2) is 29.2 Å². The molecule has 0 amide bonds. The van der Waals surface area contributed by atoms with E-state index in [0.717, 1.165) is 13.1 Å². The van der Waals surface area contributed by atoms with Crippen molar-refractivity contribution in [1.82, 2.24) is 5.32 Å². The van der Waals surface area contributed by atoms with Crippen LogP contribution in [0.5, 0.6) is 0 Å². The summed E-state index contributed by atoms with van der Waals surface area (Å²) in [6.45, 7) is 5.71. The Hall–Kier alpha value is -0.670. The summed E-state index contributed by atoms with van der Waals surface area (Å²) in [6.07, 6.45) is 4.58. The lowest BCUT2D eigenvalue weighted by atomic mass is 10.2. The van der Waals surface area contributed by atoms with Crippen LogP contribution >= 0.6 is 11.8 Å². The van der Waals surface area contributed by atoms with Crippen LogP contribution in [0.2, 0.25) is 0 Å². The molecule has 1 unspecified atom stereocenters. The third kappa shape index (κ3) is 3.39. The summed E-state index contributed by atoms with van der Waals surface area (Å²) in [5.74, 6) is 0. The van der Waals surface area contributed by atoms with E-state index in [-0.39, 0.29) is 0 Å². The molecule has 0 bridgehead atoms. The van der Waals surface area contributed by atoms with E-state index in [1.807, 2.05) is 11.8 Å².